The first-order valence-electron chi connectivity index (χ1n) is 8.79. The van der Waals surface area contributed by atoms with E-state index < -0.39 is 0 Å². The van der Waals surface area contributed by atoms with E-state index in [1.165, 1.54) is 4.80 Å². The third kappa shape index (κ3) is 3.10. The lowest BCUT2D eigenvalue weighted by Crippen LogP contribution is -2.30. The molecule has 2 aromatic carbocycles. The predicted octanol–water partition coefficient (Wildman–Crippen LogP) is 4.16. The van der Waals surface area contributed by atoms with Gasteiger partial charge in [0.1, 0.15) is 11.3 Å². The van der Waals surface area contributed by atoms with Crippen molar-refractivity contribution in [2.75, 3.05) is 7.05 Å². The predicted molar refractivity (Wildman–Crippen MR) is 103 cm³/mol. The highest BCUT2D eigenvalue weighted by molar-refractivity contribution is 5.93. The van der Waals surface area contributed by atoms with Crippen molar-refractivity contribution in [2.45, 2.75) is 19.9 Å². The number of fused-ring (bicyclic) bond motifs is 1. The molecule has 2 heterocycles. The zero-order valence-electron chi connectivity index (χ0n) is 15.5. The maximum atomic E-state index is 13.0. The molecule has 0 bridgehead atoms. The Bertz CT molecular complexity index is 1060. The van der Waals surface area contributed by atoms with E-state index in [4.69, 9.17) is 4.42 Å². The number of carbonyl (C=O) groups excluding carboxylic acids is 1. The molecular weight excluding hydrogens is 340 g/mol. The third-order valence-corrected chi connectivity index (χ3v) is 4.73. The van der Waals surface area contributed by atoms with Gasteiger partial charge in [0, 0.05) is 12.4 Å². The van der Waals surface area contributed by atoms with Crippen LogP contribution in [0.1, 0.15) is 34.9 Å². The van der Waals surface area contributed by atoms with Crippen molar-refractivity contribution in [3.63, 3.8) is 0 Å². The average Bonchev–Trinajstić information content (AvgIpc) is 3.30. The van der Waals surface area contributed by atoms with Crippen LogP contribution in [0.25, 0.3) is 16.7 Å². The summed E-state index contributed by atoms with van der Waals surface area (Å²) in [5, 5.41) is 9.81. The van der Waals surface area contributed by atoms with E-state index in [-0.39, 0.29) is 11.9 Å². The van der Waals surface area contributed by atoms with E-state index in [1.807, 2.05) is 67.6 Å². The van der Waals surface area contributed by atoms with Gasteiger partial charge in [-0.3, -0.25) is 4.79 Å². The smallest absolute Gasteiger partial charge is 0.276 e. The van der Waals surface area contributed by atoms with Crippen molar-refractivity contribution >= 4 is 16.9 Å². The summed E-state index contributed by atoms with van der Waals surface area (Å²) in [6, 6.07) is 19.1. The molecule has 27 heavy (non-hydrogen) atoms. The fourth-order valence-electron chi connectivity index (χ4n) is 3.00. The maximum absolute atomic E-state index is 13.0. The van der Waals surface area contributed by atoms with Gasteiger partial charge < -0.3 is 9.32 Å². The second kappa shape index (κ2) is 6.72. The zero-order chi connectivity index (χ0) is 19.0. The van der Waals surface area contributed by atoms with Gasteiger partial charge in [0.2, 0.25) is 0 Å². The average molecular weight is 360 g/mol. The molecule has 2 aromatic heterocycles. The first kappa shape index (κ1) is 17.0. The molecule has 0 aliphatic carbocycles. The van der Waals surface area contributed by atoms with Crippen molar-refractivity contribution < 1.29 is 9.21 Å². The number of hydrogen-bond donors (Lipinski definition) is 0. The lowest BCUT2D eigenvalue weighted by Gasteiger charge is -2.22. The highest BCUT2D eigenvalue weighted by atomic mass is 16.3. The standard InChI is InChI=1S/C21H20N4O2/c1-14-20(23-25(22-14)17-10-5-4-6-11-17)21(26)24(3)15(2)19-13-16-9-7-8-12-18(16)27-19/h4-13,15H,1-3H3/t15-/m0/s1. The lowest BCUT2D eigenvalue weighted by molar-refractivity contribution is 0.0720. The summed E-state index contributed by atoms with van der Waals surface area (Å²) in [5.41, 5.74) is 2.55. The molecule has 0 saturated heterocycles. The van der Waals surface area contributed by atoms with Crippen molar-refractivity contribution in [1.82, 2.24) is 19.9 Å². The Morgan fingerprint density at radius 1 is 1.07 bits per heavy atom. The lowest BCUT2D eigenvalue weighted by atomic mass is 10.2. The number of aryl methyl sites for hydroxylation is 1. The van der Waals surface area contributed by atoms with Gasteiger partial charge in [0.05, 0.1) is 17.4 Å². The van der Waals surface area contributed by atoms with Gasteiger partial charge in [-0.15, -0.1) is 5.10 Å². The van der Waals surface area contributed by atoms with Gasteiger partial charge in [-0.2, -0.15) is 9.90 Å². The molecule has 136 valence electrons. The fourth-order valence-corrected chi connectivity index (χ4v) is 3.00. The van der Waals surface area contributed by atoms with Crippen LogP contribution in [0.15, 0.2) is 65.1 Å². The Morgan fingerprint density at radius 3 is 2.52 bits per heavy atom. The van der Waals surface area contributed by atoms with Crippen LogP contribution in [0.3, 0.4) is 0 Å². The maximum Gasteiger partial charge on any atom is 0.276 e. The second-order valence-electron chi connectivity index (χ2n) is 6.54. The van der Waals surface area contributed by atoms with Crippen LogP contribution in [-0.2, 0) is 0 Å². The van der Waals surface area contributed by atoms with Gasteiger partial charge in [-0.1, -0.05) is 36.4 Å². The first-order valence-corrected chi connectivity index (χ1v) is 8.79. The Kier molecular flexibility index (Phi) is 4.24. The molecular formula is C21H20N4O2. The molecule has 1 amide bonds. The number of rotatable bonds is 4. The van der Waals surface area contributed by atoms with Gasteiger partial charge in [0.25, 0.3) is 5.91 Å². The largest absolute Gasteiger partial charge is 0.459 e. The SMILES string of the molecule is Cc1nn(-c2ccccc2)nc1C(=O)N(C)[C@@H](C)c1cc2ccccc2o1. The van der Waals surface area contributed by atoms with E-state index in [1.54, 1.807) is 18.9 Å². The summed E-state index contributed by atoms with van der Waals surface area (Å²) in [6.07, 6.45) is 0. The number of benzene rings is 2. The molecule has 0 spiro atoms. The van der Waals surface area contributed by atoms with Crippen molar-refractivity contribution in [3.05, 3.63) is 77.8 Å². The highest BCUT2D eigenvalue weighted by Gasteiger charge is 2.26. The molecule has 1 atom stereocenters. The summed E-state index contributed by atoms with van der Waals surface area (Å²) < 4.78 is 5.91. The topological polar surface area (TPSA) is 64.2 Å². The number of para-hydroxylation sites is 2. The van der Waals surface area contributed by atoms with Gasteiger partial charge in [-0.25, -0.2) is 0 Å². The van der Waals surface area contributed by atoms with E-state index in [0.717, 1.165) is 22.4 Å². The highest BCUT2D eigenvalue weighted by Crippen LogP contribution is 2.27. The monoisotopic (exact) mass is 360 g/mol. The van der Waals surface area contributed by atoms with E-state index >= 15 is 0 Å². The Hall–Kier alpha value is -3.41. The van der Waals surface area contributed by atoms with E-state index in [0.29, 0.717) is 11.4 Å². The van der Waals surface area contributed by atoms with Crippen LogP contribution in [0.5, 0.6) is 0 Å². The summed E-state index contributed by atoms with van der Waals surface area (Å²) in [7, 11) is 1.75. The molecule has 0 radical (unpaired) electrons. The van der Waals surface area contributed by atoms with Crippen molar-refractivity contribution in [2.24, 2.45) is 0 Å². The first-order chi connectivity index (χ1) is 13.0. The summed E-state index contributed by atoms with van der Waals surface area (Å²) in [6.45, 7) is 3.73. The number of furan rings is 1. The van der Waals surface area contributed by atoms with Crippen LogP contribution >= 0.6 is 0 Å². The normalized spacial score (nSPS) is 12.3. The van der Waals surface area contributed by atoms with Gasteiger partial charge >= 0.3 is 0 Å². The Morgan fingerprint density at radius 2 is 1.78 bits per heavy atom. The van der Waals surface area contributed by atoms with E-state index in [2.05, 4.69) is 10.2 Å². The molecule has 0 saturated carbocycles. The molecule has 0 aliphatic rings. The number of aromatic nitrogens is 3. The van der Waals surface area contributed by atoms with Crippen LogP contribution in [0.4, 0.5) is 0 Å². The Labute approximate surface area is 157 Å². The molecule has 4 aromatic rings. The molecule has 6 heteroatoms. The van der Waals surface area contributed by atoms with Crippen LogP contribution in [0.2, 0.25) is 0 Å². The minimum absolute atomic E-state index is 0.192. The van der Waals surface area contributed by atoms with E-state index in [9.17, 15) is 4.79 Å². The second-order valence-corrected chi connectivity index (χ2v) is 6.54. The molecule has 0 aliphatic heterocycles. The third-order valence-electron chi connectivity index (χ3n) is 4.73. The van der Waals surface area contributed by atoms with Crippen molar-refractivity contribution in [1.29, 1.82) is 0 Å². The summed E-state index contributed by atoms with van der Waals surface area (Å²) >= 11 is 0. The van der Waals surface area contributed by atoms with Gasteiger partial charge in [0.15, 0.2) is 5.69 Å². The summed E-state index contributed by atoms with van der Waals surface area (Å²) in [4.78, 5) is 16.1. The van der Waals surface area contributed by atoms with Crippen LogP contribution in [0, 0.1) is 6.92 Å². The minimum Gasteiger partial charge on any atom is -0.459 e. The fraction of sp³-hybridized carbons (Fsp3) is 0.190. The zero-order valence-corrected chi connectivity index (χ0v) is 15.5. The number of carbonyl (C=O) groups is 1. The molecule has 0 fully saturated rings. The van der Waals surface area contributed by atoms with Gasteiger partial charge in [-0.05, 0) is 38.1 Å². The number of hydrogen-bond acceptors (Lipinski definition) is 4. The number of nitrogens with zero attached hydrogens (tertiary/aromatic N) is 4. The van der Waals surface area contributed by atoms with Crippen LogP contribution in [-0.4, -0.2) is 32.8 Å². The van der Waals surface area contributed by atoms with Crippen molar-refractivity contribution in [3.8, 4) is 5.69 Å². The molecule has 6 nitrogen and oxygen atoms in total. The molecule has 0 N–H and O–H groups in total. The quantitative estimate of drug-likeness (QED) is 0.548. The van der Waals surface area contributed by atoms with Crippen LogP contribution < -0.4 is 0 Å². The Balaban J connectivity index is 1.61. The molecule has 0 unspecified atom stereocenters. The minimum atomic E-state index is -0.230. The number of amides is 1. The molecule has 4 rings (SSSR count). The summed E-state index contributed by atoms with van der Waals surface area (Å²) in [5.74, 6) is 0.544.